The Morgan fingerprint density at radius 3 is 2.57 bits per heavy atom. The molecule has 2 aromatic carbocycles. The van der Waals surface area contributed by atoms with Crippen molar-refractivity contribution in [3.63, 3.8) is 0 Å². The molecule has 2 aliphatic rings. The first-order valence-electron chi connectivity index (χ1n) is 12.9. The maximum absolute atomic E-state index is 15.2. The Labute approximate surface area is 214 Å². The smallest absolute Gasteiger partial charge is 0.255 e. The van der Waals surface area contributed by atoms with Gasteiger partial charge in [-0.15, -0.1) is 0 Å². The van der Waals surface area contributed by atoms with Gasteiger partial charge >= 0.3 is 0 Å². The van der Waals surface area contributed by atoms with Crippen LogP contribution in [0.15, 0.2) is 47.4 Å². The number of aromatic nitrogens is 3. The van der Waals surface area contributed by atoms with E-state index in [4.69, 9.17) is 10.5 Å². The molecule has 8 heteroatoms. The van der Waals surface area contributed by atoms with Crippen molar-refractivity contribution in [2.24, 2.45) is 0 Å². The molecule has 0 unspecified atom stereocenters. The van der Waals surface area contributed by atoms with Crippen LogP contribution in [-0.4, -0.2) is 46.2 Å². The summed E-state index contributed by atoms with van der Waals surface area (Å²) in [5, 5.41) is 1.38. The Balaban J connectivity index is 1.43. The molecule has 7 nitrogen and oxygen atoms in total. The zero-order valence-electron chi connectivity index (χ0n) is 20.9. The number of benzene rings is 2. The monoisotopic (exact) mass is 499 g/mol. The molecule has 6 rings (SSSR count). The average molecular weight is 500 g/mol. The Hall–Kier alpha value is -3.62. The fourth-order valence-corrected chi connectivity index (χ4v) is 5.45. The van der Waals surface area contributed by atoms with Gasteiger partial charge in [0.15, 0.2) is 5.82 Å². The van der Waals surface area contributed by atoms with Gasteiger partial charge in [0.05, 0.1) is 0 Å². The third-order valence-electron chi connectivity index (χ3n) is 7.68. The van der Waals surface area contributed by atoms with E-state index in [0.717, 1.165) is 56.6 Å². The zero-order chi connectivity index (χ0) is 25.5. The van der Waals surface area contributed by atoms with Gasteiger partial charge in [0.25, 0.3) is 5.56 Å². The molecule has 3 N–H and O–H groups in total. The van der Waals surface area contributed by atoms with Crippen molar-refractivity contribution >= 4 is 16.6 Å². The summed E-state index contributed by atoms with van der Waals surface area (Å²) in [5.74, 6) is -0.230. The minimum Gasteiger partial charge on any atom is -0.382 e. The number of aromatic amines is 1. The summed E-state index contributed by atoms with van der Waals surface area (Å²) < 4.78 is 20.8. The highest BCUT2D eigenvalue weighted by Gasteiger charge is 2.24. The molecule has 0 amide bonds. The van der Waals surface area contributed by atoms with Crippen LogP contribution in [0.4, 0.5) is 10.2 Å². The van der Waals surface area contributed by atoms with Crippen molar-refractivity contribution in [1.82, 2.24) is 19.9 Å². The van der Waals surface area contributed by atoms with Crippen molar-refractivity contribution in [3.8, 4) is 22.5 Å². The number of H-pyrrole nitrogens is 1. The first-order valence-corrected chi connectivity index (χ1v) is 12.9. The van der Waals surface area contributed by atoms with E-state index in [1.807, 2.05) is 19.1 Å². The van der Waals surface area contributed by atoms with Crippen molar-refractivity contribution in [2.45, 2.75) is 38.6 Å². The van der Waals surface area contributed by atoms with E-state index in [1.54, 1.807) is 18.3 Å². The molecule has 0 bridgehead atoms. The lowest BCUT2D eigenvalue weighted by Gasteiger charge is -2.33. The topological polar surface area (TPSA) is 97.1 Å². The van der Waals surface area contributed by atoms with Gasteiger partial charge in [0.2, 0.25) is 5.95 Å². The predicted octanol–water partition coefficient (Wildman–Crippen LogP) is 4.78. The van der Waals surface area contributed by atoms with E-state index < -0.39 is 5.95 Å². The number of nitrogens with two attached hydrogens (primary N) is 1. The molecular formula is C29H30FN5O2. The van der Waals surface area contributed by atoms with Gasteiger partial charge < -0.3 is 15.5 Å². The molecule has 0 atom stereocenters. The molecule has 4 heterocycles. The molecule has 4 aromatic rings. The summed E-state index contributed by atoms with van der Waals surface area (Å²) in [6.07, 6.45) is 4.89. The van der Waals surface area contributed by atoms with Gasteiger partial charge in [-0.2, -0.15) is 9.37 Å². The molecule has 0 saturated carbocycles. The minimum atomic E-state index is -0.691. The van der Waals surface area contributed by atoms with Crippen LogP contribution < -0.4 is 11.3 Å². The molecular weight excluding hydrogens is 469 g/mol. The number of ether oxygens (including phenoxy) is 1. The van der Waals surface area contributed by atoms with Crippen LogP contribution >= 0.6 is 0 Å². The second-order valence-electron chi connectivity index (χ2n) is 10.1. The van der Waals surface area contributed by atoms with Gasteiger partial charge in [0, 0.05) is 42.5 Å². The van der Waals surface area contributed by atoms with Gasteiger partial charge in [-0.1, -0.05) is 18.2 Å². The van der Waals surface area contributed by atoms with Crippen molar-refractivity contribution in [2.75, 3.05) is 32.0 Å². The predicted molar refractivity (Wildman–Crippen MR) is 143 cm³/mol. The quantitative estimate of drug-likeness (QED) is 0.410. The third-order valence-corrected chi connectivity index (χ3v) is 7.68. The number of anilines is 1. The van der Waals surface area contributed by atoms with Crippen LogP contribution in [0.5, 0.6) is 0 Å². The summed E-state index contributed by atoms with van der Waals surface area (Å²) in [6.45, 7) is 6.48. The van der Waals surface area contributed by atoms with Crippen LogP contribution in [0.25, 0.3) is 33.3 Å². The van der Waals surface area contributed by atoms with Crippen molar-refractivity contribution in [1.29, 1.82) is 0 Å². The summed E-state index contributed by atoms with van der Waals surface area (Å²) >= 11 is 0. The number of nitrogen functional groups attached to an aromatic ring is 1. The van der Waals surface area contributed by atoms with Gasteiger partial charge in [-0.05, 0) is 85.5 Å². The second-order valence-corrected chi connectivity index (χ2v) is 10.1. The molecule has 0 aliphatic carbocycles. The van der Waals surface area contributed by atoms with Gasteiger partial charge in [0.1, 0.15) is 11.4 Å². The van der Waals surface area contributed by atoms with Crippen LogP contribution in [0.1, 0.15) is 41.9 Å². The number of fused-ring (bicyclic) bond motifs is 1. The lowest BCUT2D eigenvalue weighted by atomic mass is 9.86. The van der Waals surface area contributed by atoms with E-state index >= 15 is 4.39 Å². The van der Waals surface area contributed by atoms with Crippen molar-refractivity contribution < 1.29 is 9.13 Å². The second kappa shape index (κ2) is 9.68. The summed E-state index contributed by atoms with van der Waals surface area (Å²) in [7, 11) is 0. The summed E-state index contributed by atoms with van der Waals surface area (Å²) in [6, 6.07) is 11.5. The number of halogens is 1. The van der Waals surface area contributed by atoms with E-state index in [0.29, 0.717) is 28.1 Å². The normalized spacial score (nSPS) is 16.7. The zero-order valence-corrected chi connectivity index (χ0v) is 20.9. The molecule has 2 aliphatic heterocycles. The number of hydrogen-bond acceptors (Lipinski definition) is 6. The van der Waals surface area contributed by atoms with E-state index in [9.17, 15) is 4.79 Å². The van der Waals surface area contributed by atoms with Crippen LogP contribution in [-0.2, 0) is 11.3 Å². The van der Waals surface area contributed by atoms with Gasteiger partial charge in [-0.3, -0.25) is 9.69 Å². The number of likely N-dealkylation sites (tertiary alicyclic amines) is 1. The Morgan fingerprint density at radius 2 is 1.81 bits per heavy atom. The fraction of sp³-hybridized carbons (Fsp3) is 0.345. The molecule has 2 fully saturated rings. The largest absolute Gasteiger partial charge is 0.382 e. The molecule has 0 spiro atoms. The van der Waals surface area contributed by atoms with E-state index in [1.165, 1.54) is 17.5 Å². The highest BCUT2D eigenvalue weighted by Crippen LogP contribution is 2.35. The number of nitrogens with one attached hydrogen (secondary N) is 1. The Morgan fingerprint density at radius 1 is 1.05 bits per heavy atom. The standard InChI is InChI=1S/C29H30FN5O2/c1-17-15-32-29(36)23-6-4-20(14-24(17)23)26-28(31)34-27(30)25(33-26)19-3-5-22(18-7-11-37-12-8-18)21(13-19)16-35-9-2-10-35/h3-6,13-15,18H,2,7-12,16H2,1H3,(H2,31,34)(H,32,36). The summed E-state index contributed by atoms with van der Waals surface area (Å²) in [5.41, 5.74) is 11.4. The van der Waals surface area contributed by atoms with Crippen LogP contribution in [0, 0.1) is 12.9 Å². The molecule has 190 valence electrons. The first kappa shape index (κ1) is 23.8. The lowest BCUT2D eigenvalue weighted by molar-refractivity contribution is 0.0847. The maximum Gasteiger partial charge on any atom is 0.255 e. The maximum atomic E-state index is 15.2. The molecule has 2 aromatic heterocycles. The number of rotatable bonds is 5. The number of hydrogen-bond donors (Lipinski definition) is 2. The Bertz CT molecular complexity index is 1540. The van der Waals surface area contributed by atoms with Crippen LogP contribution in [0.3, 0.4) is 0 Å². The lowest BCUT2D eigenvalue weighted by Crippen LogP contribution is -2.36. The molecule has 2 saturated heterocycles. The molecule has 37 heavy (non-hydrogen) atoms. The van der Waals surface area contributed by atoms with Crippen LogP contribution in [0.2, 0.25) is 0 Å². The van der Waals surface area contributed by atoms with E-state index in [2.05, 4.69) is 32.0 Å². The van der Waals surface area contributed by atoms with E-state index in [-0.39, 0.29) is 17.1 Å². The number of aryl methyl sites for hydroxylation is 1. The highest BCUT2D eigenvalue weighted by molar-refractivity contribution is 5.90. The highest BCUT2D eigenvalue weighted by atomic mass is 19.1. The van der Waals surface area contributed by atoms with Gasteiger partial charge in [-0.25, -0.2) is 4.98 Å². The summed E-state index contributed by atoms with van der Waals surface area (Å²) in [4.78, 5) is 26.1. The Kier molecular flexibility index (Phi) is 6.22. The average Bonchev–Trinajstić information content (AvgIpc) is 2.89. The minimum absolute atomic E-state index is 0.0164. The molecule has 0 radical (unpaired) electrons. The number of pyridine rings is 1. The third kappa shape index (κ3) is 4.51. The first-order chi connectivity index (χ1) is 18.0. The van der Waals surface area contributed by atoms with Crippen molar-refractivity contribution in [3.05, 3.63) is 75.6 Å². The fourth-order valence-electron chi connectivity index (χ4n) is 5.45. The SMILES string of the molecule is Cc1c[nH]c(=O)c2ccc(-c3nc(-c4ccc(C5CCOCC5)c(CN5CCC5)c4)c(F)nc3N)cc12. The number of nitrogens with zero attached hydrogens (tertiary/aromatic N) is 3.